The number of rotatable bonds is 4. The summed E-state index contributed by atoms with van der Waals surface area (Å²) >= 11 is 0. The highest BCUT2D eigenvalue weighted by atomic mass is 28.2. The number of aliphatic hydroxyl groups is 2. The Morgan fingerprint density at radius 1 is 1.45 bits per heavy atom. The van der Waals surface area contributed by atoms with Gasteiger partial charge in [-0.2, -0.15) is 0 Å². The van der Waals surface area contributed by atoms with Gasteiger partial charge in [0.25, 0.3) is 0 Å². The summed E-state index contributed by atoms with van der Waals surface area (Å²) in [6.45, 7) is 4.35. The van der Waals surface area contributed by atoms with E-state index in [0.717, 1.165) is 0 Å². The smallest absolute Gasteiger partial charge is 0.192 e. The molecule has 0 unspecified atom stereocenters. The Hall–Kier alpha value is -1.16. The highest BCUT2D eigenvalue weighted by molar-refractivity contribution is 6.47. The van der Waals surface area contributed by atoms with E-state index in [2.05, 4.69) is 38.0 Å². The minimum atomic E-state index is -1.64. The summed E-state index contributed by atoms with van der Waals surface area (Å²) in [4.78, 5) is 0. The quantitative estimate of drug-likeness (QED) is 0.561. The zero-order valence-electron chi connectivity index (χ0n) is 11.8. The highest BCUT2D eigenvalue weighted by Crippen LogP contribution is 2.25. The average molecular weight is 292 g/mol. The molecule has 0 amide bonds. The third kappa shape index (κ3) is 3.11. The molecule has 1 aromatic carbocycles. The van der Waals surface area contributed by atoms with Gasteiger partial charge in [-0.3, -0.25) is 0 Å². The molecule has 2 rings (SSSR count). The molecule has 2 N–H and O–H groups in total. The van der Waals surface area contributed by atoms with E-state index in [1.807, 2.05) is 0 Å². The minimum Gasteiger partial charge on any atom is -0.416 e. The van der Waals surface area contributed by atoms with E-state index in [-0.39, 0.29) is 13.2 Å². The standard InChI is InChI=1S/C15H20O4Si/c1-4-15(17)13(16)8-18-14(15)9-19-20-12-6-10(2)5-11(3)7-12/h1,5-7,13-14,16-17H,8-9,20H2,2-3H3/t13-,14+,15-/m0/s1. The molecule has 1 fully saturated rings. The van der Waals surface area contributed by atoms with Gasteiger partial charge in [-0.1, -0.05) is 35.2 Å². The predicted octanol–water partition coefficient (Wildman–Crippen LogP) is -0.847. The summed E-state index contributed by atoms with van der Waals surface area (Å²) in [5.41, 5.74) is 0.782. The molecule has 108 valence electrons. The van der Waals surface area contributed by atoms with Gasteiger partial charge in [-0.25, -0.2) is 0 Å². The molecule has 3 atom stereocenters. The van der Waals surface area contributed by atoms with E-state index in [1.54, 1.807) is 0 Å². The summed E-state index contributed by atoms with van der Waals surface area (Å²) in [7, 11) is -0.902. The van der Waals surface area contributed by atoms with Crippen molar-refractivity contribution in [2.24, 2.45) is 0 Å². The molecule has 1 aliphatic heterocycles. The van der Waals surface area contributed by atoms with Crippen LogP contribution in [0.25, 0.3) is 0 Å². The first-order valence-corrected chi connectivity index (χ1v) is 7.89. The van der Waals surface area contributed by atoms with Crippen molar-refractivity contribution < 1.29 is 19.4 Å². The molecule has 1 saturated heterocycles. The lowest BCUT2D eigenvalue weighted by Gasteiger charge is -2.25. The second-order valence-electron chi connectivity index (χ2n) is 5.32. The molecule has 0 spiro atoms. The van der Waals surface area contributed by atoms with Crippen LogP contribution >= 0.6 is 0 Å². The molecular weight excluding hydrogens is 272 g/mol. The first-order chi connectivity index (χ1) is 9.45. The molecule has 0 aromatic heterocycles. The Kier molecular flexibility index (Phi) is 4.63. The van der Waals surface area contributed by atoms with Crippen LogP contribution in [0.15, 0.2) is 18.2 Å². The highest BCUT2D eigenvalue weighted by Gasteiger charge is 2.48. The van der Waals surface area contributed by atoms with E-state index in [1.165, 1.54) is 16.3 Å². The lowest BCUT2D eigenvalue weighted by atomic mass is 9.95. The van der Waals surface area contributed by atoms with Crippen LogP contribution in [0.2, 0.25) is 0 Å². The summed E-state index contributed by atoms with van der Waals surface area (Å²) in [6, 6.07) is 6.33. The fourth-order valence-electron chi connectivity index (χ4n) is 2.48. The normalized spacial score (nSPS) is 29.9. The second kappa shape index (κ2) is 6.08. The second-order valence-corrected chi connectivity index (χ2v) is 6.83. The summed E-state index contributed by atoms with van der Waals surface area (Å²) in [6.07, 6.45) is 3.57. The molecule has 5 heteroatoms. The van der Waals surface area contributed by atoms with Crippen LogP contribution in [-0.2, 0) is 9.16 Å². The van der Waals surface area contributed by atoms with Crippen LogP contribution in [0, 0.1) is 26.2 Å². The SMILES string of the molecule is C#C[C@]1(O)[C@@H](O)CO[C@@H]1CO[SiH2]c1cc(C)cc(C)c1. The Morgan fingerprint density at radius 3 is 2.70 bits per heavy atom. The molecule has 0 radical (unpaired) electrons. The van der Waals surface area contributed by atoms with Crippen LogP contribution in [0.5, 0.6) is 0 Å². The fraction of sp³-hybridized carbons (Fsp3) is 0.467. The van der Waals surface area contributed by atoms with Crippen LogP contribution in [0.1, 0.15) is 11.1 Å². The van der Waals surface area contributed by atoms with E-state index >= 15 is 0 Å². The van der Waals surface area contributed by atoms with Crippen molar-refractivity contribution in [3.05, 3.63) is 29.3 Å². The van der Waals surface area contributed by atoms with Gasteiger partial charge in [0, 0.05) is 0 Å². The van der Waals surface area contributed by atoms with Gasteiger partial charge in [-0.15, -0.1) is 6.42 Å². The van der Waals surface area contributed by atoms with Crippen LogP contribution in [-0.4, -0.2) is 51.0 Å². The van der Waals surface area contributed by atoms with Crippen molar-refractivity contribution in [2.75, 3.05) is 13.2 Å². The lowest BCUT2D eigenvalue weighted by Crippen LogP contribution is -2.48. The summed E-state index contributed by atoms with van der Waals surface area (Å²) in [5.74, 6) is 2.22. The van der Waals surface area contributed by atoms with Crippen molar-refractivity contribution in [3.8, 4) is 12.3 Å². The molecule has 1 aliphatic rings. The maximum Gasteiger partial charge on any atom is 0.192 e. The van der Waals surface area contributed by atoms with Crippen LogP contribution < -0.4 is 5.19 Å². The maximum absolute atomic E-state index is 10.1. The van der Waals surface area contributed by atoms with Crippen molar-refractivity contribution >= 4 is 14.9 Å². The molecule has 0 aliphatic carbocycles. The van der Waals surface area contributed by atoms with Gasteiger partial charge in [0.15, 0.2) is 15.4 Å². The maximum atomic E-state index is 10.1. The average Bonchev–Trinajstić information content (AvgIpc) is 2.66. The van der Waals surface area contributed by atoms with E-state index in [0.29, 0.717) is 0 Å². The molecule has 1 heterocycles. The molecule has 20 heavy (non-hydrogen) atoms. The fourth-order valence-corrected chi connectivity index (χ4v) is 3.85. The summed E-state index contributed by atoms with van der Waals surface area (Å²) < 4.78 is 11.0. The van der Waals surface area contributed by atoms with Gasteiger partial charge in [0.2, 0.25) is 0 Å². The zero-order valence-corrected chi connectivity index (χ0v) is 13.2. The number of aryl methyl sites for hydroxylation is 2. The van der Waals surface area contributed by atoms with Crippen LogP contribution in [0.3, 0.4) is 0 Å². The van der Waals surface area contributed by atoms with Crippen molar-refractivity contribution in [3.63, 3.8) is 0 Å². The zero-order chi connectivity index (χ0) is 14.8. The Morgan fingerprint density at radius 2 is 2.10 bits per heavy atom. The van der Waals surface area contributed by atoms with Crippen molar-refractivity contribution in [1.82, 2.24) is 0 Å². The topological polar surface area (TPSA) is 58.9 Å². The Balaban J connectivity index is 1.92. The van der Waals surface area contributed by atoms with Crippen molar-refractivity contribution in [2.45, 2.75) is 31.7 Å². The Bertz CT molecular complexity index is 505. The van der Waals surface area contributed by atoms with Gasteiger partial charge >= 0.3 is 0 Å². The predicted molar refractivity (Wildman–Crippen MR) is 79.6 cm³/mol. The largest absolute Gasteiger partial charge is 0.416 e. The molecule has 0 saturated carbocycles. The Labute approximate surface area is 121 Å². The van der Waals surface area contributed by atoms with Crippen molar-refractivity contribution in [1.29, 1.82) is 0 Å². The summed E-state index contributed by atoms with van der Waals surface area (Å²) in [5, 5.41) is 21.0. The molecule has 4 nitrogen and oxygen atoms in total. The molecule has 1 aromatic rings. The minimum absolute atomic E-state index is 0.0415. The number of terminal acetylenes is 1. The van der Waals surface area contributed by atoms with Crippen LogP contribution in [0.4, 0.5) is 0 Å². The number of benzene rings is 1. The van der Waals surface area contributed by atoms with Gasteiger partial charge < -0.3 is 19.4 Å². The molecule has 0 bridgehead atoms. The molecular formula is C15H20O4Si. The van der Waals surface area contributed by atoms with Gasteiger partial charge in [0.05, 0.1) is 13.2 Å². The van der Waals surface area contributed by atoms with E-state index in [9.17, 15) is 10.2 Å². The van der Waals surface area contributed by atoms with Gasteiger partial charge in [-0.05, 0) is 19.0 Å². The number of aliphatic hydroxyl groups excluding tert-OH is 1. The first-order valence-electron chi connectivity index (χ1n) is 6.60. The van der Waals surface area contributed by atoms with E-state index in [4.69, 9.17) is 15.6 Å². The third-order valence-electron chi connectivity index (χ3n) is 3.50. The number of hydrogen-bond acceptors (Lipinski definition) is 4. The van der Waals surface area contributed by atoms with E-state index < -0.39 is 27.6 Å². The lowest BCUT2D eigenvalue weighted by molar-refractivity contribution is -0.0469. The monoisotopic (exact) mass is 292 g/mol. The third-order valence-corrected chi connectivity index (χ3v) is 4.69. The first kappa shape index (κ1) is 15.2. The number of ether oxygens (including phenoxy) is 1. The van der Waals surface area contributed by atoms with Gasteiger partial charge in [0.1, 0.15) is 12.2 Å². The number of hydrogen-bond donors (Lipinski definition) is 2.